The zero-order chi connectivity index (χ0) is 13.6. The third-order valence-corrected chi connectivity index (χ3v) is 4.11. The zero-order valence-electron chi connectivity index (χ0n) is 10.6. The van der Waals surface area contributed by atoms with Crippen molar-refractivity contribution in [2.24, 2.45) is 0 Å². The molecular formula is C11H13N5O2S. The van der Waals surface area contributed by atoms with E-state index in [0.29, 0.717) is 13.1 Å². The predicted octanol–water partition coefficient (Wildman–Crippen LogP) is 1.76. The van der Waals surface area contributed by atoms with E-state index in [0.717, 1.165) is 22.4 Å². The fourth-order valence-electron chi connectivity index (χ4n) is 2.34. The van der Waals surface area contributed by atoms with Crippen LogP contribution >= 0.6 is 11.5 Å². The lowest BCUT2D eigenvalue weighted by Crippen LogP contribution is -2.40. The average molecular weight is 279 g/mol. The minimum absolute atomic E-state index is 0.193. The van der Waals surface area contributed by atoms with Crippen LogP contribution in [0.4, 0.5) is 4.79 Å². The van der Waals surface area contributed by atoms with Crippen molar-refractivity contribution in [3.05, 3.63) is 17.7 Å². The van der Waals surface area contributed by atoms with Gasteiger partial charge >= 0.3 is 6.09 Å². The molecule has 1 atom stereocenters. The number of aryl methyl sites for hydroxylation is 1. The molecule has 0 radical (unpaired) electrons. The molecule has 0 saturated heterocycles. The molecule has 0 bridgehead atoms. The van der Waals surface area contributed by atoms with E-state index in [1.165, 1.54) is 16.4 Å². The van der Waals surface area contributed by atoms with Crippen LogP contribution in [0.2, 0.25) is 0 Å². The van der Waals surface area contributed by atoms with E-state index < -0.39 is 6.09 Å². The third kappa shape index (κ3) is 1.88. The van der Waals surface area contributed by atoms with E-state index in [2.05, 4.69) is 14.3 Å². The van der Waals surface area contributed by atoms with Crippen molar-refractivity contribution in [2.75, 3.05) is 6.54 Å². The van der Waals surface area contributed by atoms with Gasteiger partial charge in [-0.15, -0.1) is 0 Å². The number of hydrogen-bond donors (Lipinski definition) is 1. The van der Waals surface area contributed by atoms with Crippen molar-refractivity contribution in [3.63, 3.8) is 0 Å². The van der Waals surface area contributed by atoms with Gasteiger partial charge in [-0.05, 0) is 25.4 Å². The average Bonchev–Trinajstić information content (AvgIpc) is 2.95. The first-order valence-corrected chi connectivity index (χ1v) is 6.71. The molecule has 1 aliphatic rings. The number of aromatic nitrogens is 4. The Labute approximate surface area is 113 Å². The smallest absolute Gasteiger partial charge is 0.407 e. The van der Waals surface area contributed by atoms with E-state index in [4.69, 9.17) is 5.11 Å². The first kappa shape index (κ1) is 12.1. The highest BCUT2D eigenvalue weighted by Crippen LogP contribution is 2.30. The van der Waals surface area contributed by atoms with Crippen LogP contribution in [0.3, 0.4) is 0 Å². The van der Waals surface area contributed by atoms with Gasteiger partial charge < -0.3 is 9.67 Å². The molecule has 0 aromatic carbocycles. The summed E-state index contributed by atoms with van der Waals surface area (Å²) in [6.07, 6.45) is 0.833. The molecule has 7 nitrogen and oxygen atoms in total. The lowest BCUT2D eigenvalue weighted by Gasteiger charge is -2.32. The summed E-state index contributed by atoms with van der Waals surface area (Å²) in [6.45, 7) is 4.77. The monoisotopic (exact) mass is 279 g/mol. The fraction of sp³-hybridized carbons (Fsp3) is 0.455. The standard InChI is InChI=1S/C11H13N5O2S/c1-6-8-5-12-9(10-13-7(2)14-19-10)16(8)4-3-15(6)11(17)18/h5-6H,3-4H2,1-2H3,(H,17,18)/t6-/m1/s1. The largest absolute Gasteiger partial charge is 0.465 e. The summed E-state index contributed by atoms with van der Waals surface area (Å²) in [5, 5.41) is 9.91. The fourth-order valence-corrected chi connectivity index (χ4v) is 3.02. The molecule has 1 aliphatic heterocycles. The van der Waals surface area contributed by atoms with Gasteiger partial charge in [0.1, 0.15) is 5.82 Å². The summed E-state index contributed by atoms with van der Waals surface area (Å²) >= 11 is 1.31. The first-order valence-electron chi connectivity index (χ1n) is 5.93. The quantitative estimate of drug-likeness (QED) is 0.860. The Morgan fingerprint density at radius 3 is 2.95 bits per heavy atom. The molecule has 1 amide bonds. The third-order valence-electron chi connectivity index (χ3n) is 3.31. The van der Waals surface area contributed by atoms with Crippen LogP contribution in [0.25, 0.3) is 10.8 Å². The second-order valence-electron chi connectivity index (χ2n) is 4.46. The van der Waals surface area contributed by atoms with Gasteiger partial charge in [-0.25, -0.2) is 14.8 Å². The van der Waals surface area contributed by atoms with E-state index in [1.807, 2.05) is 18.4 Å². The molecule has 19 heavy (non-hydrogen) atoms. The van der Waals surface area contributed by atoms with Gasteiger partial charge in [-0.3, -0.25) is 4.90 Å². The van der Waals surface area contributed by atoms with E-state index in [-0.39, 0.29) is 6.04 Å². The predicted molar refractivity (Wildman–Crippen MR) is 69.0 cm³/mol. The minimum Gasteiger partial charge on any atom is -0.465 e. The molecule has 8 heteroatoms. The maximum absolute atomic E-state index is 11.1. The van der Waals surface area contributed by atoms with Crippen molar-refractivity contribution < 1.29 is 9.90 Å². The van der Waals surface area contributed by atoms with Crippen molar-refractivity contribution in [3.8, 4) is 10.8 Å². The Hall–Kier alpha value is -1.96. The van der Waals surface area contributed by atoms with E-state index >= 15 is 0 Å². The van der Waals surface area contributed by atoms with Crippen LogP contribution in [-0.2, 0) is 6.54 Å². The number of rotatable bonds is 1. The molecule has 0 aliphatic carbocycles. The molecule has 3 heterocycles. The maximum Gasteiger partial charge on any atom is 0.407 e. The molecule has 0 unspecified atom stereocenters. The lowest BCUT2D eigenvalue weighted by molar-refractivity contribution is 0.115. The van der Waals surface area contributed by atoms with E-state index in [1.54, 1.807) is 6.20 Å². The van der Waals surface area contributed by atoms with Crippen LogP contribution < -0.4 is 0 Å². The SMILES string of the molecule is Cc1nsc(-c2ncc3n2CCN(C(=O)O)[C@@H]3C)n1. The summed E-state index contributed by atoms with van der Waals surface area (Å²) in [5.41, 5.74) is 0.900. The van der Waals surface area contributed by atoms with Crippen LogP contribution in [0, 0.1) is 6.92 Å². The van der Waals surface area contributed by atoms with Crippen LogP contribution in [0.1, 0.15) is 24.5 Å². The Bertz CT molecular complexity index is 635. The highest BCUT2D eigenvalue weighted by Gasteiger charge is 2.30. The van der Waals surface area contributed by atoms with Crippen molar-refractivity contribution in [1.29, 1.82) is 0 Å². The maximum atomic E-state index is 11.1. The number of fused-ring (bicyclic) bond motifs is 1. The molecule has 100 valence electrons. The number of amides is 1. The molecular weight excluding hydrogens is 266 g/mol. The summed E-state index contributed by atoms with van der Waals surface area (Å²) in [5.74, 6) is 1.51. The van der Waals surface area contributed by atoms with E-state index in [9.17, 15) is 4.79 Å². The molecule has 3 rings (SSSR count). The zero-order valence-corrected chi connectivity index (χ0v) is 11.4. The Morgan fingerprint density at radius 2 is 2.32 bits per heavy atom. The first-order chi connectivity index (χ1) is 9.08. The van der Waals surface area contributed by atoms with Crippen molar-refractivity contribution in [1.82, 2.24) is 23.8 Å². The summed E-state index contributed by atoms with van der Waals surface area (Å²) in [4.78, 5) is 21.3. The van der Waals surface area contributed by atoms with Gasteiger partial charge in [0.15, 0.2) is 10.8 Å². The molecule has 2 aromatic rings. The van der Waals surface area contributed by atoms with Gasteiger partial charge in [0.2, 0.25) is 0 Å². The molecule has 0 saturated carbocycles. The second-order valence-corrected chi connectivity index (χ2v) is 5.21. The molecule has 2 aromatic heterocycles. The Morgan fingerprint density at radius 1 is 1.53 bits per heavy atom. The van der Waals surface area contributed by atoms with Crippen LogP contribution in [0.15, 0.2) is 6.20 Å². The summed E-state index contributed by atoms with van der Waals surface area (Å²) in [7, 11) is 0. The number of hydrogen-bond acceptors (Lipinski definition) is 5. The molecule has 0 fully saturated rings. The number of carbonyl (C=O) groups is 1. The van der Waals surface area contributed by atoms with Crippen molar-refractivity contribution >= 4 is 17.6 Å². The summed E-state index contributed by atoms with van der Waals surface area (Å²) in [6, 6.07) is -0.193. The minimum atomic E-state index is -0.895. The van der Waals surface area contributed by atoms with Gasteiger partial charge in [0.25, 0.3) is 0 Å². The highest BCUT2D eigenvalue weighted by atomic mass is 32.1. The van der Waals surface area contributed by atoms with Gasteiger partial charge in [-0.1, -0.05) is 0 Å². The van der Waals surface area contributed by atoms with Gasteiger partial charge in [0.05, 0.1) is 17.9 Å². The van der Waals surface area contributed by atoms with Gasteiger partial charge in [0, 0.05) is 13.1 Å². The molecule has 1 N–H and O–H groups in total. The molecule has 0 spiro atoms. The summed E-state index contributed by atoms with van der Waals surface area (Å²) < 4.78 is 6.19. The number of carboxylic acid groups (broad SMARTS) is 1. The number of nitrogens with zero attached hydrogens (tertiary/aromatic N) is 5. The van der Waals surface area contributed by atoms with Gasteiger partial charge in [-0.2, -0.15) is 4.37 Å². The van der Waals surface area contributed by atoms with Crippen LogP contribution in [0.5, 0.6) is 0 Å². The van der Waals surface area contributed by atoms with Crippen LogP contribution in [-0.4, -0.2) is 41.6 Å². The Kier molecular flexibility index (Phi) is 2.74. The topological polar surface area (TPSA) is 84.1 Å². The highest BCUT2D eigenvalue weighted by molar-refractivity contribution is 7.09. The Balaban J connectivity index is 2.01. The van der Waals surface area contributed by atoms with Crippen molar-refractivity contribution in [2.45, 2.75) is 26.4 Å². The second kappa shape index (κ2) is 4.30. The normalized spacial score (nSPS) is 18.4. The lowest BCUT2D eigenvalue weighted by atomic mass is 10.2. The number of imidazole rings is 1.